The molecule has 0 fully saturated rings. The van der Waals surface area contributed by atoms with Crippen molar-refractivity contribution in [2.75, 3.05) is 0 Å². The summed E-state index contributed by atoms with van der Waals surface area (Å²) in [5, 5.41) is 20.2. The molecule has 1 unspecified atom stereocenters. The summed E-state index contributed by atoms with van der Waals surface area (Å²) < 4.78 is 13.4. The minimum Gasteiger partial charge on any atom is -0.361 e. The molecule has 0 aliphatic heterocycles. The molecule has 2 N–H and O–H groups in total. The first-order valence-electron chi connectivity index (χ1n) is 12.8. The molecule has 0 spiro atoms. The van der Waals surface area contributed by atoms with Gasteiger partial charge in [-0.05, 0) is 51.9 Å². The van der Waals surface area contributed by atoms with Crippen LogP contribution in [-0.4, -0.2) is 41.9 Å². The molecule has 0 aliphatic rings. The number of H-pyrrole nitrogens is 1. The molecule has 6 aromatic rings. The average Bonchev–Trinajstić information content (AvgIpc) is 3.80. The van der Waals surface area contributed by atoms with Gasteiger partial charge in [0, 0.05) is 34.1 Å². The molecule has 4 aromatic heterocycles. The van der Waals surface area contributed by atoms with Crippen LogP contribution in [0.15, 0.2) is 89.8 Å². The van der Waals surface area contributed by atoms with Crippen molar-refractivity contribution in [3.8, 4) is 10.7 Å². The van der Waals surface area contributed by atoms with Crippen molar-refractivity contribution in [1.82, 2.24) is 35.4 Å². The fourth-order valence-corrected chi connectivity index (χ4v) is 5.93. The minimum atomic E-state index is -0.971. The third kappa shape index (κ3) is 5.93. The number of fused-ring (bicyclic) bond motifs is 1. The van der Waals surface area contributed by atoms with Crippen LogP contribution in [0, 0.1) is 5.82 Å². The predicted octanol–water partition coefficient (Wildman–Crippen LogP) is 5.17. The number of para-hydroxylation sites is 1. The summed E-state index contributed by atoms with van der Waals surface area (Å²) in [5.74, 6) is -0.633. The molecule has 41 heavy (non-hydrogen) atoms. The number of amides is 2. The number of hydrogen-bond donors (Lipinski definition) is 2. The van der Waals surface area contributed by atoms with E-state index in [1.807, 2.05) is 59.3 Å². The van der Waals surface area contributed by atoms with Gasteiger partial charge < -0.3 is 15.2 Å². The van der Waals surface area contributed by atoms with Gasteiger partial charge in [0.15, 0.2) is 0 Å². The van der Waals surface area contributed by atoms with Crippen LogP contribution in [0.25, 0.3) is 21.6 Å². The predicted molar refractivity (Wildman–Crippen MR) is 155 cm³/mol. The number of carbonyl (C=O) groups excluding carboxylic acids is 2. The van der Waals surface area contributed by atoms with Gasteiger partial charge in [0.1, 0.15) is 18.4 Å². The van der Waals surface area contributed by atoms with E-state index in [9.17, 15) is 14.0 Å². The molecule has 4 heterocycles. The van der Waals surface area contributed by atoms with Gasteiger partial charge in [-0.25, -0.2) is 4.39 Å². The topological polar surface area (TPSA) is 109 Å². The van der Waals surface area contributed by atoms with Crippen molar-refractivity contribution < 1.29 is 14.0 Å². The van der Waals surface area contributed by atoms with E-state index in [2.05, 4.69) is 25.7 Å². The number of aromatic nitrogens is 5. The van der Waals surface area contributed by atoms with E-state index in [1.54, 1.807) is 23.2 Å². The molecular formula is C29H24FN7O2S2. The van der Waals surface area contributed by atoms with Crippen molar-refractivity contribution in [3.05, 3.63) is 112 Å². The lowest BCUT2D eigenvalue weighted by atomic mass is 10.0. The molecule has 206 valence electrons. The zero-order valence-corrected chi connectivity index (χ0v) is 23.2. The van der Waals surface area contributed by atoms with Gasteiger partial charge in [-0.1, -0.05) is 42.5 Å². The van der Waals surface area contributed by atoms with Crippen LogP contribution in [0.4, 0.5) is 4.39 Å². The second-order valence-electron chi connectivity index (χ2n) is 9.26. The molecular weight excluding hydrogens is 561 g/mol. The lowest BCUT2D eigenvalue weighted by Crippen LogP contribution is -2.44. The smallest absolute Gasteiger partial charge is 0.247 e. The van der Waals surface area contributed by atoms with Crippen LogP contribution in [0.5, 0.6) is 0 Å². The molecule has 0 radical (unpaired) electrons. The number of benzene rings is 2. The fraction of sp³-hybridized carbons (Fsp3) is 0.138. The Labute approximate surface area is 242 Å². The first kappa shape index (κ1) is 26.5. The van der Waals surface area contributed by atoms with Crippen LogP contribution in [0.3, 0.4) is 0 Å². The summed E-state index contributed by atoms with van der Waals surface area (Å²) in [6.07, 6.45) is 1.77. The van der Waals surface area contributed by atoms with Crippen molar-refractivity contribution in [2.45, 2.75) is 25.7 Å². The van der Waals surface area contributed by atoms with E-state index >= 15 is 0 Å². The molecule has 2 amide bonds. The highest BCUT2D eigenvalue weighted by Gasteiger charge is 2.34. The Balaban J connectivity index is 1.34. The summed E-state index contributed by atoms with van der Waals surface area (Å²) in [5.41, 5.74) is 2.25. The number of tetrazole rings is 1. The summed E-state index contributed by atoms with van der Waals surface area (Å²) in [6, 6.07) is 20.2. The molecule has 0 saturated heterocycles. The Hall–Kier alpha value is -4.68. The van der Waals surface area contributed by atoms with Gasteiger partial charge in [0.05, 0.1) is 11.4 Å². The van der Waals surface area contributed by atoms with Crippen molar-refractivity contribution in [1.29, 1.82) is 0 Å². The summed E-state index contributed by atoms with van der Waals surface area (Å²) in [7, 11) is 0. The molecule has 1 atom stereocenters. The summed E-state index contributed by atoms with van der Waals surface area (Å²) in [6.45, 7) is 0.179. The monoisotopic (exact) mass is 585 g/mol. The standard InChI is InChI=1S/C29H24FN7O2S2/c30-20-11-9-19(10-12-20)15-32-29(39)27(23-16-31-24-7-2-1-6-22(23)24)36(17-21-5-3-13-40-21)26(38)18-37-34-28(33-35-37)25-8-4-14-41-25/h1-14,16,27,31H,15,17-18H2,(H,32,39). The van der Waals surface area contributed by atoms with Crippen LogP contribution >= 0.6 is 22.7 Å². The highest BCUT2D eigenvalue weighted by Crippen LogP contribution is 2.31. The number of thiophene rings is 2. The molecule has 0 bridgehead atoms. The molecule has 6 rings (SSSR count). The maximum atomic E-state index is 14.0. The first-order valence-corrected chi connectivity index (χ1v) is 14.5. The Kier molecular flexibility index (Phi) is 7.65. The van der Waals surface area contributed by atoms with Gasteiger partial charge in [0.25, 0.3) is 0 Å². The second-order valence-corrected chi connectivity index (χ2v) is 11.2. The number of rotatable bonds is 10. The van der Waals surface area contributed by atoms with Gasteiger partial charge in [-0.2, -0.15) is 4.80 Å². The highest BCUT2D eigenvalue weighted by atomic mass is 32.1. The SMILES string of the molecule is O=C(NCc1ccc(F)cc1)C(c1c[nH]c2ccccc12)N(Cc1cccs1)C(=O)Cn1nnc(-c2cccs2)n1. The van der Waals surface area contributed by atoms with Crippen LogP contribution in [-0.2, 0) is 29.2 Å². The third-order valence-corrected chi connectivity index (χ3v) is 8.28. The zero-order valence-electron chi connectivity index (χ0n) is 21.6. The maximum Gasteiger partial charge on any atom is 0.247 e. The van der Waals surface area contributed by atoms with Crippen LogP contribution in [0.2, 0.25) is 0 Å². The van der Waals surface area contributed by atoms with E-state index < -0.39 is 6.04 Å². The van der Waals surface area contributed by atoms with Crippen molar-refractivity contribution in [2.24, 2.45) is 0 Å². The van der Waals surface area contributed by atoms with Crippen molar-refractivity contribution >= 4 is 45.4 Å². The van der Waals surface area contributed by atoms with Crippen molar-refractivity contribution in [3.63, 3.8) is 0 Å². The molecule has 0 aliphatic carbocycles. The summed E-state index contributed by atoms with van der Waals surface area (Å²) >= 11 is 2.98. The van der Waals surface area contributed by atoms with Gasteiger partial charge in [-0.3, -0.25) is 9.59 Å². The first-order chi connectivity index (χ1) is 20.0. The Morgan fingerprint density at radius 3 is 2.59 bits per heavy atom. The van der Waals surface area contributed by atoms with Gasteiger partial charge >= 0.3 is 0 Å². The third-order valence-electron chi connectivity index (χ3n) is 6.55. The van der Waals surface area contributed by atoms with Crippen LogP contribution in [0.1, 0.15) is 22.0 Å². The Morgan fingerprint density at radius 1 is 1.00 bits per heavy atom. The van der Waals surface area contributed by atoms with E-state index in [0.29, 0.717) is 11.4 Å². The van der Waals surface area contributed by atoms with Gasteiger partial charge in [0.2, 0.25) is 17.6 Å². The van der Waals surface area contributed by atoms with Crippen LogP contribution < -0.4 is 5.32 Å². The Bertz CT molecular complexity index is 1760. The number of nitrogens with one attached hydrogen (secondary N) is 2. The van der Waals surface area contributed by atoms with E-state index in [-0.39, 0.29) is 37.3 Å². The van der Waals surface area contributed by atoms with E-state index in [1.165, 1.54) is 39.6 Å². The number of halogens is 1. The zero-order chi connectivity index (χ0) is 28.2. The normalized spacial score (nSPS) is 11.9. The quantitative estimate of drug-likeness (QED) is 0.231. The Morgan fingerprint density at radius 2 is 1.80 bits per heavy atom. The lowest BCUT2D eigenvalue weighted by Gasteiger charge is -2.30. The minimum absolute atomic E-state index is 0.174. The summed E-state index contributed by atoms with van der Waals surface area (Å²) in [4.78, 5) is 35.8. The largest absolute Gasteiger partial charge is 0.361 e. The number of nitrogens with zero attached hydrogens (tertiary/aromatic N) is 5. The lowest BCUT2D eigenvalue weighted by molar-refractivity contribution is -0.142. The molecule has 2 aromatic carbocycles. The van der Waals surface area contributed by atoms with E-state index in [4.69, 9.17) is 0 Å². The van der Waals surface area contributed by atoms with E-state index in [0.717, 1.165) is 26.2 Å². The average molecular weight is 586 g/mol. The fourth-order valence-electron chi connectivity index (χ4n) is 4.58. The highest BCUT2D eigenvalue weighted by molar-refractivity contribution is 7.13. The maximum absolute atomic E-state index is 14.0. The number of hydrogen-bond acceptors (Lipinski definition) is 7. The number of carbonyl (C=O) groups is 2. The molecule has 0 saturated carbocycles. The number of aromatic amines is 1. The second kappa shape index (κ2) is 11.8. The van der Waals surface area contributed by atoms with Gasteiger partial charge in [-0.15, -0.1) is 32.9 Å². The molecule has 12 heteroatoms. The molecule has 9 nitrogen and oxygen atoms in total.